The van der Waals surface area contributed by atoms with Crippen LogP contribution in [0, 0.1) is 13.8 Å². The van der Waals surface area contributed by atoms with Crippen molar-refractivity contribution in [3.05, 3.63) is 69.2 Å². The molecule has 1 fully saturated rings. The molecule has 1 atom stereocenters. The van der Waals surface area contributed by atoms with E-state index < -0.39 is 23.7 Å². The summed E-state index contributed by atoms with van der Waals surface area (Å²) >= 11 is 0.914. The monoisotopic (exact) mass is 580 g/mol. The maximum absolute atomic E-state index is 13.6. The first-order chi connectivity index (χ1) is 19.6. The lowest BCUT2D eigenvalue weighted by molar-refractivity contribution is -0.132. The molecule has 1 amide bonds. The first-order valence-electron chi connectivity index (χ1n) is 13.3. The van der Waals surface area contributed by atoms with E-state index in [4.69, 9.17) is 14.2 Å². The minimum absolute atomic E-state index is 0.0854. The molecule has 2 aromatic carbocycles. The Bertz CT molecular complexity index is 1530. The van der Waals surface area contributed by atoms with Crippen LogP contribution in [0.5, 0.6) is 17.2 Å². The van der Waals surface area contributed by atoms with Gasteiger partial charge >= 0.3 is 11.9 Å². The van der Waals surface area contributed by atoms with Crippen LogP contribution in [0.4, 0.5) is 5.13 Å². The van der Waals surface area contributed by atoms with E-state index in [-0.39, 0.29) is 46.1 Å². The number of thiazole rings is 1. The number of nitrogens with zero attached hydrogens (tertiary/aromatic N) is 2. The number of hydrogen-bond acceptors (Lipinski definition) is 10. The summed E-state index contributed by atoms with van der Waals surface area (Å²) in [6.07, 6.45) is 0.828. The molecule has 41 heavy (non-hydrogen) atoms. The molecule has 0 bridgehead atoms. The fourth-order valence-electron chi connectivity index (χ4n) is 4.51. The maximum atomic E-state index is 13.6. The number of ether oxygens (including phenoxy) is 3. The molecule has 0 saturated carbocycles. The zero-order chi connectivity index (χ0) is 29.8. The second-order valence-electron chi connectivity index (χ2n) is 9.29. The number of aryl methyl sites for hydroxylation is 2. The molecule has 0 radical (unpaired) electrons. The van der Waals surface area contributed by atoms with Crippen molar-refractivity contribution < 1.29 is 38.8 Å². The molecule has 0 aliphatic carbocycles. The van der Waals surface area contributed by atoms with Crippen LogP contribution in [-0.4, -0.2) is 52.7 Å². The number of phenols is 1. The zero-order valence-electron chi connectivity index (χ0n) is 23.5. The van der Waals surface area contributed by atoms with Gasteiger partial charge < -0.3 is 24.4 Å². The van der Waals surface area contributed by atoms with Gasteiger partial charge in [0.05, 0.1) is 37.1 Å². The first kappa shape index (κ1) is 29.6. The van der Waals surface area contributed by atoms with Gasteiger partial charge in [0.1, 0.15) is 16.4 Å². The molecule has 0 spiro atoms. The summed E-state index contributed by atoms with van der Waals surface area (Å²) in [6, 6.07) is 8.30. The van der Waals surface area contributed by atoms with Crippen molar-refractivity contribution in [1.29, 1.82) is 0 Å². The number of amides is 1. The van der Waals surface area contributed by atoms with Crippen LogP contribution in [-0.2, 0) is 14.3 Å². The molecule has 3 aromatic rings. The second kappa shape index (κ2) is 12.4. The Hall–Kier alpha value is -4.38. The summed E-state index contributed by atoms with van der Waals surface area (Å²) in [7, 11) is 0. The number of hydrogen-bond donors (Lipinski definition) is 2. The Balaban J connectivity index is 1.91. The number of esters is 1. The lowest BCUT2D eigenvalue weighted by Gasteiger charge is -2.23. The minimum Gasteiger partial charge on any atom is -0.507 e. The van der Waals surface area contributed by atoms with E-state index in [1.54, 1.807) is 39.0 Å². The van der Waals surface area contributed by atoms with Gasteiger partial charge in [0.2, 0.25) is 0 Å². The van der Waals surface area contributed by atoms with Crippen molar-refractivity contribution in [2.75, 3.05) is 24.7 Å². The van der Waals surface area contributed by atoms with Gasteiger partial charge in [-0.25, -0.2) is 9.78 Å². The smallest absolute Gasteiger partial charge is 0.350 e. The Morgan fingerprint density at radius 3 is 2.44 bits per heavy atom. The number of phenolic OH excluding ortho intramolecular Hbond substituents is 1. The third kappa shape index (κ3) is 5.76. The number of aliphatic hydroxyl groups is 1. The molecule has 2 heterocycles. The highest BCUT2D eigenvalue weighted by atomic mass is 32.1. The molecule has 2 N–H and O–H groups in total. The van der Waals surface area contributed by atoms with Crippen molar-refractivity contribution in [1.82, 2.24) is 4.98 Å². The number of benzene rings is 2. The molecule has 4 rings (SSSR count). The summed E-state index contributed by atoms with van der Waals surface area (Å²) in [4.78, 5) is 45.4. The van der Waals surface area contributed by atoms with Crippen molar-refractivity contribution in [3.8, 4) is 17.2 Å². The van der Waals surface area contributed by atoms with Gasteiger partial charge in [0.25, 0.3) is 5.78 Å². The molecule has 1 aliphatic rings. The standard InChI is InChI=1S/C30H32N2O8S/c1-6-13-40-21-12-10-19(14-16(21)4)25(34)23-24(18-9-11-20(33)22(15-18)38-7-2)32(28(36)26(23)35)30-31-17(5)27(41-30)29(37)39-8-3/h9-12,14-15,24,33-34H,6-8,13H2,1-5H3/b25-23-. The summed E-state index contributed by atoms with van der Waals surface area (Å²) < 4.78 is 16.4. The summed E-state index contributed by atoms with van der Waals surface area (Å²) in [5.41, 5.74) is 1.61. The quantitative estimate of drug-likeness (QED) is 0.139. The van der Waals surface area contributed by atoms with Gasteiger partial charge in [0, 0.05) is 5.56 Å². The van der Waals surface area contributed by atoms with Crippen LogP contribution in [0.15, 0.2) is 42.0 Å². The van der Waals surface area contributed by atoms with Crippen molar-refractivity contribution >= 4 is 39.9 Å². The van der Waals surface area contributed by atoms with Crippen LogP contribution < -0.4 is 14.4 Å². The molecule has 1 unspecified atom stereocenters. The summed E-state index contributed by atoms with van der Waals surface area (Å²) in [5.74, 6) is -2.16. The number of ketones is 1. The molecule has 11 heteroatoms. The van der Waals surface area contributed by atoms with Crippen LogP contribution in [0.1, 0.15) is 65.3 Å². The van der Waals surface area contributed by atoms with E-state index >= 15 is 0 Å². The summed E-state index contributed by atoms with van der Waals surface area (Å²) in [6.45, 7) is 9.80. The first-order valence-corrected chi connectivity index (χ1v) is 14.1. The molecular weight excluding hydrogens is 548 g/mol. The number of Topliss-reactive ketones (excluding diaryl/α,β-unsaturated/α-hetero) is 1. The maximum Gasteiger partial charge on any atom is 0.350 e. The third-order valence-corrected chi connectivity index (χ3v) is 7.54. The average Bonchev–Trinajstić information content (AvgIpc) is 3.45. The Labute approximate surface area is 241 Å². The molecule has 216 valence electrons. The molecule has 10 nitrogen and oxygen atoms in total. The SMILES string of the molecule is CCCOc1ccc(/C(O)=C2/C(=O)C(=O)N(c3nc(C)c(C(=O)OCC)s3)C2c2ccc(O)c(OCC)c2)cc1C. The fraction of sp³-hybridized carbons (Fsp3) is 0.333. The van der Waals surface area contributed by atoms with Gasteiger partial charge in [-0.1, -0.05) is 24.3 Å². The van der Waals surface area contributed by atoms with Gasteiger partial charge in [-0.2, -0.15) is 0 Å². The fourth-order valence-corrected chi connectivity index (χ4v) is 5.50. The van der Waals surface area contributed by atoms with E-state index in [0.717, 1.165) is 28.2 Å². The molecular formula is C30H32N2O8S. The van der Waals surface area contributed by atoms with Crippen LogP contribution in [0.25, 0.3) is 5.76 Å². The van der Waals surface area contributed by atoms with Crippen molar-refractivity contribution in [3.63, 3.8) is 0 Å². The van der Waals surface area contributed by atoms with E-state index in [2.05, 4.69) is 4.98 Å². The Kier molecular flexibility index (Phi) is 8.97. The van der Waals surface area contributed by atoms with Crippen molar-refractivity contribution in [2.24, 2.45) is 0 Å². The predicted octanol–water partition coefficient (Wildman–Crippen LogP) is 5.46. The topological polar surface area (TPSA) is 135 Å². The van der Waals surface area contributed by atoms with Gasteiger partial charge in [-0.15, -0.1) is 0 Å². The zero-order valence-corrected chi connectivity index (χ0v) is 24.3. The number of aliphatic hydroxyl groups excluding tert-OH is 1. The average molecular weight is 581 g/mol. The predicted molar refractivity (Wildman–Crippen MR) is 154 cm³/mol. The largest absolute Gasteiger partial charge is 0.507 e. The molecule has 1 aliphatic heterocycles. The van der Waals surface area contributed by atoms with E-state index in [1.807, 2.05) is 13.8 Å². The second-order valence-corrected chi connectivity index (χ2v) is 10.3. The lowest BCUT2D eigenvalue weighted by Crippen LogP contribution is -2.29. The third-order valence-electron chi connectivity index (χ3n) is 6.41. The van der Waals surface area contributed by atoms with Gasteiger partial charge in [-0.3, -0.25) is 14.5 Å². The Morgan fingerprint density at radius 1 is 1.02 bits per heavy atom. The highest BCUT2D eigenvalue weighted by Gasteiger charge is 2.48. The highest BCUT2D eigenvalue weighted by molar-refractivity contribution is 7.17. The normalized spacial score (nSPS) is 16.2. The molecule has 1 saturated heterocycles. The Morgan fingerprint density at radius 2 is 1.78 bits per heavy atom. The number of aromatic hydroxyl groups is 1. The number of carbonyl (C=O) groups excluding carboxylic acids is 3. The van der Waals surface area contributed by atoms with Crippen LogP contribution >= 0.6 is 11.3 Å². The van der Waals surface area contributed by atoms with Crippen LogP contribution in [0.3, 0.4) is 0 Å². The number of aromatic nitrogens is 1. The minimum atomic E-state index is -1.13. The van der Waals surface area contributed by atoms with Gasteiger partial charge in [0.15, 0.2) is 16.6 Å². The molecule has 1 aromatic heterocycles. The number of anilines is 1. The van der Waals surface area contributed by atoms with Crippen molar-refractivity contribution in [2.45, 2.75) is 47.1 Å². The van der Waals surface area contributed by atoms with E-state index in [0.29, 0.717) is 29.2 Å². The number of carbonyl (C=O) groups is 3. The van der Waals surface area contributed by atoms with Crippen LogP contribution in [0.2, 0.25) is 0 Å². The van der Waals surface area contributed by atoms with Gasteiger partial charge in [-0.05, 0) is 75.6 Å². The number of rotatable bonds is 10. The highest BCUT2D eigenvalue weighted by Crippen LogP contribution is 2.45. The van der Waals surface area contributed by atoms with E-state index in [9.17, 15) is 24.6 Å². The van der Waals surface area contributed by atoms with E-state index in [1.165, 1.54) is 18.2 Å². The lowest BCUT2D eigenvalue weighted by atomic mass is 9.94. The summed E-state index contributed by atoms with van der Waals surface area (Å²) in [5, 5.41) is 21.9.